The number of likely N-dealkylation sites (tertiary alicyclic amines) is 1. The number of halogens is 3. The molecule has 1 aromatic rings. The first kappa shape index (κ1) is 19.0. The summed E-state index contributed by atoms with van der Waals surface area (Å²) in [6, 6.07) is 5.87. The monoisotopic (exact) mass is 396 g/mol. The predicted octanol–water partition coefficient (Wildman–Crippen LogP) is 3.96. The molecular formula is C15H23BrCl2N2O. The Morgan fingerprint density at radius 1 is 1.48 bits per heavy atom. The molecule has 120 valence electrons. The lowest BCUT2D eigenvalue weighted by Crippen LogP contribution is -2.53. The highest BCUT2D eigenvalue weighted by molar-refractivity contribution is 9.10. The van der Waals surface area contributed by atoms with Crippen molar-refractivity contribution in [3.8, 4) is 5.75 Å². The Hall–Kier alpha value is -0.000000000000000111. The number of rotatable bonds is 4. The zero-order valence-electron chi connectivity index (χ0n) is 12.4. The highest BCUT2D eigenvalue weighted by atomic mass is 79.9. The van der Waals surface area contributed by atoms with Crippen LogP contribution in [-0.2, 0) is 0 Å². The van der Waals surface area contributed by atoms with Gasteiger partial charge >= 0.3 is 0 Å². The number of nitrogens with zero attached hydrogens (tertiary/aromatic N) is 1. The minimum atomic E-state index is 0. The molecule has 21 heavy (non-hydrogen) atoms. The van der Waals surface area contributed by atoms with Gasteiger partial charge in [-0.05, 0) is 52.5 Å². The van der Waals surface area contributed by atoms with Crippen molar-refractivity contribution in [3.63, 3.8) is 0 Å². The molecule has 1 aromatic carbocycles. The lowest BCUT2D eigenvalue weighted by molar-refractivity contribution is 0.0830. The Labute approximate surface area is 146 Å². The van der Waals surface area contributed by atoms with Gasteiger partial charge in [0.15, 0.2) is 0 Å². The molecule has 0 amide bonds. The van der Waals surface area contributed by atoms with E-state index in [9.17, 15) is 0 Å². The molecule has 0 spiro atoms. The van der Waals surface area contributed by atoms with Gasteiger partial charge in [0.25, 0.3) is 0 Å². The number of benzene rings is 1. The Bertz CT molecular complexity index is 471. The molecule has 0 aliphatic carbocycles. The van der Waals surface area contributed by atoms with Crippen LogP contribution < -0.4 is 10.5 Å². The van der Waals surface area contributed by atoms with E-state index in [0.29, 0.717) is 17.7 Å². The van der Waals surface area contributed by atoms with Crippen LogP contribution in [0.3, 0.4) is 0 Å². The summed E-state index contributed by atoms with van der Waals surface area (Å²) >= 11 is 9.37. The van der Waals surface area contributed by atoms with E-state index in [4.69, 9.17) is 22.1 Å². The Kier molecular flexibility index (Phi) is 7.28. The molecule has 2 rings (SSSR count). The summed E-state index contributed by atoms with van der Waals surface area (Å²) in [5, 5.41) is 0.705. The van der Waals surface area contributed by atoms with E-state index in [2.05, 4.69) is 34.7 Å². The summed E-state index contributed by atoms with van der Waals surface area (Å²) in [7, 11) is 0. The Morgan fingerprint density at radius 2 is 2.19 bits per heavy atom. The van der Waals surface area contributed by atoms with Gasteiger partial charge < -0.3 is 10.5 Å². The van der Waals surface area contributed by atoms with E-state index in [-0.39, 0.29) is 17.8 Å². The molecule has 3 nitrogen and oxygen atoms in total. The molecule has 0 aromatic heterocycles. The topological polar surface area (TPSA) is 38.5 Å². The molecule has 0 radical (unpaired) electrons. The fourth-order valence-electron chi connectivity index (χ4n) is 2.55. The first-order valence-electron chi connectivity index (χ1n) is 6.94. The second kappa shape index (κ2) is 8.02. The van der Waals surface area contributed by atoms with Gasteiger partial charge in [0.1, 0.15) is 12.4 Å². The number of nitrogens with two attached hydrogens (primary N) is 1. The lowest BCUT2D eigenvalue weighted by atomic mass is 9.80. The van der Waals surface area contributed by atoms with E-state index in [0.717, 1.165) is 36.3 Å². The predicted molar refractivity (Wildman–Crippen MR) is 94.7 cm³/mol. The van der Waals surface area contributed by atoms with E-state index in [1.54, 1.807) is 0 Å². The molecule has 0 bridgehead atoms. The number of ether oxygens (including phenoxy) is 1. The molecule has 1 atom stereocenters. The molecule has 0 saturated carbocycles. The van der Waals surface area contributed by atoms with Gasteiger partial charge in [0.05, 0.1) is 4.47 Å². The van der Waals surface area contributed by atoms with Crippen LogP contribution in [0, 0.1) is 5.41 Å². The van der Waals surface area contributed by atoms with Crippen molar-refractivity contribution < 1.29 is 4.74 Å². The summed E-state index contributed by atoms with van der Waals surface area (Å²) < 4.78 is 6.71. The first-order valence-corrected chi connectivity index (χ1v) is 8.11. The SMILES string of the molecule is CC1(C)CN(CCOc2ccc(Cl)cc2Br)CCC1N.Cl. The highest BCUT2D eigenvalue weighted by Gasteiger charge is 2.33. The third kappa shape index (κ3) is 5.29. The highest BCUT2D eigenvalue weighted by Crippen LogP contribution is 2.29. The second-order valence-electron chi connectivity index (χ2n) is 6.08. The van der Waals surface area contributed by atoms with Gasteiger partial charge in [-0.1, -0.05) is 25.4 Å². The third-order valence-electron chi connectivity index (χ3n) is 3.95. The minimum absolute atomic E-state index is 0. The van der Waals surface area contributed by atoms with Gasteiger partial charge in [0, 0.05) is 24.2 Å². The summed E-state index contributed by atoms with van der Waals surface area (Å²) in [5.74, 6) is 0.836. The molecule has 2 N–H and O–H groups in total. The third-order valence-corrected chi connectivity index (χ3v) is 4.81. The van der Waals surface area contributed by atoms with E-state index < -0.39 is 0 Å². The normalized spacial score (nSPS) is 21.7. The van der Waals surface area contributed by atoms with Gasteiger partial charge in [-0.2, -0.15) is 0 Å². The fraction of sp³-hybridized carbons (Fsp3) is 0.600. The second-order valence-corrected chi connectivity index (χ2v) is 7.37. The van der Waals surface area contributed by atoms with Crippen molar-refractivity contribution in [2.45, 2.75) is 26.3 Å². The van der Waals surface area contributed by atoms with Crippen LogP contribution in [0.25, 0.3) is 0 Å². The Morgan fingerprint density at radius 3 is 2.81 bits per heavy atom. The van der Waals surface area contributed by atoms with Crippen molar-refractivity contribution >= 4 is 39.9 Å². The van der Waals surface area contributed by atoms with Gasteiger partial charge in [-0.25, -0.2) is 0 Å². The van der Waals surface area contributed by atoms with E-state index in [1.165, 1.54) is 0 Å². The molecule has 1 heterocycles. The fourth-order valence-corrected chi connectivity index (χ4v) is 3.35. The summed E-state index contributed by atoms with van der Waals surface area (Å²) in [6.07, 6.45) is 1.05. The summed E-state index contributed by atoms with van der Waals surface area (Å²) in [6.45, 7) is 8.15. The lowest BCUT2D eigenvalue weighted by Gasteiger charge is -2.42. The van der Waals surface area contributed by atoms with E-state index >= 15 is 0 Å². The average molecular weight is 398 g/mol. The maximum absolute atomic E-state index is 6.15. The molecule has 1 aliphatic rings. The van der Waals surface area contributed by atoms with Gasteiger partial charge in [0.2, 0.25) is 0 Å². The number of hydrogen-bond acceptors (Lipinski definition) is 3. The molecule has 6 heteroatoms. The zero-order chi connectivity index (χ0) is 14.8. The van der Waals surface area contributed by atoms with Crippen LogP contribution in [0.4, 0.5) is 0 Å². The molecular weight excluding hydrogens is 375 g/mol. The quantitative estimate of drug-likeness (QED) is 0.835. The van der Waals surface area contributed by atoms with Crippen molar-refractivity contribution in [1.29, 1.82) is 0 Å². The van der Waals surface area contributed by atoms with Crippen molar-refractivity contribution in [2.24, 2.45) is 11.1 Å². The zero-order valence-corrected chi connectivity index (χ0v) is 15.6. The van der Waals surface area contributed by atoms with Crippen LogP contribution in [0.2, 0.25) is 5.02 Å². The summed E-state index contributed by atoms with van der Waals surface area (Å²) in [5.41, 5.74) is 6.33. The largest absolute Gasteiger partial charge is 0.491 e. The molecule has 1 unspecified atom stereocenters. The number of hydrogen-bond donors (Lipinski definition) is 1. The van der Waals surface area contributed by atoms with Gasteiger partial charge in [-0.3, -0.25) is 4.90 Å². The van der Waals surface area contributed by atoms with Gasteiger partial charge in [-0.15, -0.1) is 12.4 Å². The van der Waals surface area contributed by atoms with Crippen molar-refractivity contribution in [3.05, 3.63) is 27.7 Å². The standard InChI is InChI=1S/C15H22BrClN2O.ClH/c1-15(2)10-19(6-5-14(15)18)7-8-20-13-4-3-11(17)9-12(13)16;/h3-4,9,14H,5-8,10,18H2,1-2H3;1H. The van der Waals surface area contributed by atoms with Crippen LogP contribution in [0.5, 0.6) is 5.75 Å². The maximum atomic E-state index is 6.15. The van der Waals surface area contributed by atoms with E-state index in [1.807, 2.05) is 18.2 Å². The molecule has 1 fully saturated rings. The molecule has 1 saturated heterocycles. The van der Waals surface area contributed by atoms with Crippen molar-refractivity contribution in [2.75, 3.05) is 26.2 Å². The summed E-state index contributed by atoms with van der Waals surface area (Å²) in [4.78, 5) is 2.42. The Balaban J connectivity index is 0.00000220. The van der Waals surface area contributed by atoms with Crippen LogP contribution in [0.15, 0.2) is 22.7 Å². The van der Waals surface area contributed by atoms with Crippen LogP contribution in [-0.4, -0.2) is 37.2 Å². The molecule has 1 aliphatic heterocycles. The first-order chi connectivity index (χ1) is 9.38. The smallest absolute Gasteiger partial charge is 0.133 e. The van der Waals surface area contributed by atoms with Crippen molar-refractivity contribution in [1.82, 2.24) is 4.90 Å². The number of piperidine rings is 1. The minimum Gasteiger partial charge on any atom is -0.491 e. The average Bonchev–Trinajstić information content (AvgIpc) is 2.36. The van der Waals surface area contributed by atoms with Crippen LogP contribution >= 0.6 is 39.9 Å². The van der Waals surface area contributed by atoms with Crippen LogP contribution in [0.1, 0.15) is 20.3 Å². The maximum Gasteiger partial charge on any atom is 0.133 e.